The van der Waals surface area contributed by atoms with E-state index in [-0.39, 0.29) is 24.0 Å². The summed E-state index contributed by atoms with van der Waals surface area (Å²) < 4.78 is 5.31. The number of aryl methyl sites for hydroxylation is 1. The Hall–Kier alpha value is -2.13. The molecule has 0 atom stereocenters. The first-order chi connectivity index (χ1) is 13.1. The van der Waals surface area contributed by atoms with Crippen LogP contribution in [0.1, 0.15) is 17.0 Å². The third kappa shape index (κ3) is 6.49. The van der Waals surface area contributed by atoms with E-state index in [1.165, 1.54) is 11.1 Å². The van der Waals surface area contributed by atoms with Crippen LogP contribution in [0, 0.1) is 6.92 Å². The highest BCUT2D eigenvalue weighted by molar-refractivity contribution is 14.0. The quantitative estimate of drug-likeness (QED) is 0.294. The minimum atomic E-state index is 0. The zero-order valence-electron chi connectivity index (χ0n) is 15.8. The molecule has 0 unspecified atom stereocenters. The van der Waals surface area contributed by atoms with Crippen molar-refractivity contribution in [2.75, 3.05) is 13.6 Å². The molecule has 1 aromatic heterocycles. The maximum Gasteiger partial charge on any atom is 0.228 e. The Balaban J connectivity index is 0.00000280. The molecular weight excluding hydrogens is 489 g/mol. The van der Waals surface area contributed by atoms with E-state index >= 15 is 0 Å². The first kappa shape index (κ1) is 22.2. The smallest absolute Gasteiger partial charge is 0.228 e. The van der Waals surface area contributed by atoms with E-state index in [1.54, 1.807) is 7.05 Å². The van der Waals surface area contributed by atoms with Gasteiger partial charge in [0.1, 0.15) is 0 Å². The summed E-state index contributed by atoms with van der Waals surface area (Å²) >= 11 is 6.00. The van der Waals surface area contributed by atoms with Crippen LogP contribution in [-0.2, 0) is 13.0 Å². The lowest BCUT2D eigenvalue weighted by Crippen LogP contribution is -2.37. The van der Waals surface area contributed by atoms with Crippen LogP contribution in [-0.4, -0.2) is 29.7 Å². The van der Waals surface area contributed by atoms with E-state index < -0.39 is 0 Å². The van der Waals surface area contributed by atoms with Gasteiger partial charge in [0.05, 0.1) is 0 Å². The van der Waals surface area contributed by atoms with Crippen LogP contribution in [0.3, 0.4) is 0 Å². The molecule has 0 aliphatic heterocycles. The second-order valence-electron chi connectivity index (χ2n) is 6.11. The van der Waals surface area contributed by atoms with Crippen molar-refractivity contribution < 1.29 is 4.52 Å². The van der Waals surface area contributed by atoms with Crippen LogP contribution in [0.25, 0.3) is 11.4 Å². The molecule has 0 bridgehead atoms. The molecule has 6 nitrogen and oxygen atoms in total. The summed E-state index contributed by atoms with van der Waals surface area (Å²) in [5.41, 5.74) is 3.28. The molecule has 0 spiro atoms. The minimum absolute atomic E-state index is 0. The molecule has 2 N–H and O–H groups in total. The molecule has 1 heterocycles. The fourth-order valence-corrected chi connectivity index (χ4v) is 2.81. The zero-order chi connectivity index (χ0) is 19.1. The average molecular weight is 512 g/mol. The number of hydrogen-bond donors (Lipinski definition) is 2. The summed E-state index contributed by atoms with van der Waals surface area (Å²) in [7, 11) is 1.75. The molecule has 0 amide bonds. The van der Waals surface area contributed by atoms with Crippen LogP contribution in [0.4, 0.5) is 0 Å². The second kappa shape index (κ2) is 11.0. The largest absolute Gasteiger partial charge is 0.356 e. The Morgan fingerprint density at radius 1 is 1.14 bits per heavy atom. The Morgan fingerprint density at radius 3 is 2.71 bits per heavy atom. The number of guanidine groups is 1. The topological polar surface area (TPSA) is 75.3 Å². The van der Waals surface area contributed by atoms with Gasteiger partial charge in [-0.3, -0.25) is 4.99 Å². The van der Waals surface area contributed by atoms with Crippen molar-refractivity contribution in [3.8, 4) is 11.4 Å². The lowest BCUT2D eigenvalue weighted by Gasteiger charge is -2.11. The van der Waals surface area contributed by atoms with Gasteiger partial charge in [-0.05, 0) is 24.6 Å². The third-order valence-corrected chi connectivity index (χ3v) is 4.18. The number of aromatic nitrogens is 2. The number of halogens is 2. The number of rotatable bonds is 6. The molecule has 28 heavy (non-hydrogen) atoms. The predicted octanol–water partition coefficient (Wildman–Crippen LogP) is 4.22. The molecule has 0 aliphatic carbocycles. The van der Waals surface area contributed by atoms with Crippen LogP contribution in [0.15, 0.2) is 58.0 Å². The normalized spacial score (nSPS) is 11.0. The van der Waals surface area contributed by atoms with Gasteiger partial charge in [-0.15, -0.1) is 24.0 Å². The molecular formula is C20H23ClIN5O. The lowest BCUT2D eigenvalue weighted by atomic mass is 10.1. The monoisotopic (exact) mass is 511 g/mol. The SMILES string of the molecule is CN=C(NCCc1nc(-c2cccc(Cl)c2)no1)NCc1cccc(C)c1.I. The predicted molar refractivity (Wildman–Crippen MR) is 123 cm³/mol. The number of nitrogens with zero attached hydrogens (tertiary/aromatic N) is 3. The van der Waals surface area contributed by atoms with Crippen molar-refractivity contribution in [1.82, 2.24) is 20.8 Å². The van der Waals surface area contributed by atoms with Gasteiger partial charge < -0.3 is 15.2 Å². The van der Waals surface area contributed by atoms with Gasteiger partial charge in [0, 0.05) is 37.1 Å². The van der Waals surface area contributed by atoms with Gasteiger partial charge in [0.15, 0.2) is 5.96 Å². The van der Waals surface area contributed by atoms with E-state index in [1.807, 2.05) is 24.3 Å². The third-order valence-electron chi connectivity index (χ3n) is 3.95. The van der Waals surface area contributed by atoms with Crippen LogP contribution < -0.4 is 10.6 Å². The van der Waals surface area contributed by atoms with Crippen molar-refractivity contribution >= 4 is 41.5 Å². The van der Waals surface area contributed by atoms with Crippen molar-refractivity contribution in [1.29, 1.82) is 0 Å². The standard InChI is InChI=1S/C20H22ClN5O.HI/c1-14-5-3-6-15(11-14)13-24-20(22-2)23-10-9-18-25-19(26-27-18)16-7-4-8-17(21)12-16;/h3-8,11-12H,9-10,13H2,1-2H3,(H2,22,23,24);1H. The maximum atomic E-state index is 6.00. The van der Waals surface area contributed by atoms with Gasteiger partial charge in [0.2, 0.25) is 11.7 Å². The second-order valence-corrected chi connectivity index (χ2v) is 6.55. The van der Waals surface area contributed by atoms with Crippen molar-refractivity contribution in [3.05, 3.63) is 70.6 Å². The number of nitrogens with one attached hydrogen (secondary N) is 2. The summed E-state index contributed by atoms with van der Waals surface area (Å²) in [6.45, 7) is 3.42. The van der Waals surface area contributed by atoms with Crippen LogP contribution in [0.2, 0.25) is 5.02 Å². The van der Waals surface area contributed by atoms with Gasteiger partial charge in [-0.25, -0.2) is 0 Å². The Kier molecular flexibility index (Phi) is 8.72. The molecule has 3 aromatic rings. The molecule has 0 saturated heterocycles. The van der Waals surface area contributed by atoms with Gasteiger partial charge in [0.25, 0.3) is 0 Å². The molecule has 8 heteroatoms. The van der Waals surface area contributed by atoms with Gasteiger partial charge in [-0.1, -0.05) is 58.7 Å². The number of benzene rings is 2. The van der Waals surface area contributed by atoms with E-state index in [2.05, 4.69) is 57.0 Å². The summed E-state index contributed by atoms with van der Waals surface area (Å²) in [5.74, 6) is 1.83. The van der Waals surface area contributed by atoms with Crippen molar-refractivity contribution in [2.24, 2.45) is 4.99 Å². The van der Waals surface area contributed by atoms with Crippen LogP contribution in [0.5, 0.6) is 0 Å². The van der Waals surface area contributed by atoms with Crippen LogP contribution >= 0.6 is 35.6 Å². The summed E-state index contributed by atoms with van der Waals surface area (Å²) in [6.07, 6.45) is 0.596. The number of aliphatic imine (C=N–C) groups is 1. The summed E-state index contributed by atoms with van der Waals surface area (Å²) in [6, 6.07) is 15.7. The fraction of sp³-hybridized carbons (Fsp3) is 0.250. The van der Waals surface area contributed by atoms with E-state index in [0.29, 0.717) is 36.2 Å². The molecule has 0 radical (unpaired) electrons. The molecule has 2 aromatic carbocycles. The maximum absolute atomic E-state index is 6.00. The van der Waals surface area contributed by atoms with E-state index in [9.17, 15) is 0 Å². The Bertz CT molecular complexity index is 928. The molecule has 148 valence electrons. The van der Waals surface area contributed by atoms with Gasteiger partial charge in [-0.2, -0.15) is 4.98 Å². The van der Waals surface area contributed by atoms with Gasteiger partial charge >= 0.3 is 0 Å². The lowest BCUT2D eigenvalue weighted by molar-refractivity contribution is 0.378. The Labute approximate surface area is 186 Å². The summed E-state index contributed by atoms with van der Waals surface area (Å²) in [4.78, 5) is 8.64. The molecule has 3 rings (SSSR count). The molecule has 0 fully saturated rings. The zero-order valence-corrected chi connectivity index (χ0v) is 18.9. The molecule has 0 aliphatic rings. The van der Waals surface area contributed by atoms with E-state index in [4.69, 9.17) is 16.1 Å². The minimum Gasteiger partial charge on any atom is -0.356 e. The first-order valence-electron chi connectivity index (χ1n) is 8.72. The highest BCUT2D eigenvalue weighted by atomic mass is 127. The van der Waals surface area contributed by atoms with E-state index in [0.717, 1.165) is 11.5 Å². The number of hydrogen-bond acceptors (Lipinski definition) is 4. The average Bonchev–Trinajstić information content (AvgIpc) is 3.13. The Morgan fingerprint density at radius 2 is 1.96 bits per heavy atom. The van der Waals surface area contributed by atoms with Crippen molar-refractivity contribution in [3.63, 3.8) is 0 Å². The fourth-order valence-electron chi connectivity index (χ4n) is 2.62. The first-order valence-corrected chi connectivity index (χ1v) is 9.10. The molecule has 0 saturated carbocycles. The highest BCUT2D eigenvalue weighted by Crippen LogP contribution is 2.19. The highest BCUT2D eigenvalue weighted by Gasteiger charge is 2.09. The summed E-state index contributed by atoms with van der Waals surface area (Å²) in [5, 5.41) is 11.2. The van der Waals surface area contributed by atoms with Crippen molar-refractivity contribution in [2.45, 2.75) is 19.9 Å².